The molecule has 2 heterocycles. The zero-order valence-electron chi connectivity index (χ0n) is 10.3. The summed E-state index contributed by atoms with van der Waals surface area (Å²) in [5, 5.41) is 1.15. The number of hydrogen-bond acceptors (Lipinski definition) is 3. The third-order valence-electron chi connectivity index (χ3n) is 3.16. The van der Waals surface area contributed by atoms with Crippen molar-refractivity contribution in [3.8, 4) is 0 Å². The Morgan fingerprint density at radius 3 is 3.06 bits per heavy atom. The fourth-order valence-electron chi connectivity index (χ4n) is 2.25. The Balaban J connectivity index is 1.87. The third-order valence-corrected chi connectivity index (χ3v) is 4.27. The molecule has 1 aliphatic rings. The predicted molar refractivity (Wildman–Crippen MR) is 73.1 cm³/mol. The van der Waals surface area contributed by atoms with E-state index in [1.807, 2.05) is 36.1 Å². The third kappa shape index (κ3) is 2.13. The molecule has 3 rings (SSSR count). The van der Waals surface area contributed by atoms with Crippen LogP contribution >= 0.6 is 11.3 Å². The van der Waals surface area contributed by atoms with Gasteiger partial charge in [0.05, 0.1) is 17.6 Å². The van der Waals surface area contributed by atoms with Crippen LogP contribution in [0.25, 0.3) is 10.1 Å². The molecule has 0 bridgehead atoms. The van der Waals surface area contributed by atoms with Crippen LogP contribution in [-0.4, -0.2) is 36.6 Å². The highest BCUT2D eigenvalue weighted by Gasteiger charge is 2.23. The van der Waals surface area contributed by atoms with E-state index in [4.69, 9.17) is 4.74 Å². The van der Waals surface area contributed by atoms with Crippen LogP contribution in [0, 0.1) is 0 Å². The molecular weight excluding hydrogens is 246 g/mol. The summed E-state index contributed by atoms with van der Waals surface area (Å²) in [6.07, 6.45) is 0.136. The summed E-state index contributed by atoms with van der Waals surface area (Å²) in [5.74, 6) is 0.131. The van der Waals surface area contributed by atoms with Crippen LogP contribution < -0.4 is 0 Å². The molecule has 0 aliphatic carbocycles. The maximum atomic E-state index is 12.4. The first kappa shape index (κ1) is 11.7. The number of carbonyl (C=O) groups is 1. The quantitative estimate of drug-likeness (QED) is 0.790. The average Bonchev–Trinajstić information content (AvgIpc) is 2.81. The molecule has 0 spiro atoms. The van der Waals surface area contributed by atoms with Crippen molar-refractivity contribution in [3.63, 3.8) is 0 Å². The number of carbonyl (C=O) groups excluding carboxylic acids is 1. The second kappa shape index (κ2) is 4.71. The molecule has 1 aliphatic heterocycles. The molecule has 1 amide bonds. The van der Waals surface area contributed by atoms with E-state index in [2.05, 4.69) is 6.07 Å². The highest BCUT2D eigenvalue weighted by Crippen LogP contribution is 2.26. The van der Waals surface area contributed by atoms with Crippen LogP contribution in [-0.2, 0) is 4.74 Å². The molecule has 3 nitrogen and oxygen atoms in total. The van der Waals surface area contributed by atoms with E-state index in [-0.39, 0.29) is 12.0 Å². The van der Waals surface area contributed by atoms with Crippen LogP contribution in [0.2, 0.25) is 0 Å². The van der Waals surface area contributed by atoms with Crippen LogP contribution in [0.15, 0.2) is 30.3 Å². The summed E-state index contributed by atoms with van der Waals surface area (Å²) in [6.45, 7) is 4.02. The summed E-state index contributed by atoms with van der Waals surface area (Å²) in [6, 6.07) is 10.1. The highest BCUT2D eigenvalue weighted by molar-refractivity contribution is 7.20. The normalized spacial score (nSPS) is 20.3. The molecule has 18 heavy (non-hydrogen) atoms. The van der Waals surface area contributed by atoms with E-state index in [0.717, 1.165) is 10.3 Å². The molecule has 4 heteroatoms. The molecule has 0 radical (unpaired) electrons. The zero-order valence-corrected chi connectivity index (χ0v) is 11.1. The van der Waals surface area contributed by atoms with Crippen molar-refractivity contribution in [2.24, 2.45) is 0 Å². The average molecular weight is 261 g/mol. The van der Waals surface area contributed by atoms with Crippen LogP contribution in [0.3, 0.4) is 0 Å². The first-order chi connectivity index (χ1) is 8.74. The van der Waals surface area contributed by atoms with E-state index in [0.29, 0.717) is 19.7 Å². The lowest BCUT2D eigenvalue weighted by atomic mass is 10.2. The number of thiophene rings is 1. The number of hydrogen-bond donors (Lipinski definition) is 0. The van der Waals surface area contributed by atoms with Crippen LogP contribution in [0.1, 0.15) is 16.6 Å². The fourth-order valence-corrected chi connectivity index (χ4v) is 3.28. The molecule has 94 valence electrons. The fraction of sp³-hybridized carbons (Fsp3) is 0.357. The Bertz CT molecular complexity index is 545. The van der Waals surface area contributed by atoms with Crippen LogP contribution in [0.4, 0.5) is 0 Å². The summed E-state index contributed by atoms with van der Waals surface area (Å²) in [5.41, 5.74) is 0. The van der Waals surface area contributed by atoms with Crippen molar-refractivity contribution in [2.45, 2.75) is 13.0 Å². The van der Waals surface area contributed by atoms with Gasteiger partial charge < -0.3 is 9.64 Å². The summed E-state index contributed by atoms with van der Waals surface area (Å²) >= 11 is 1.57. The standard InChI is InChI=1S/C14H15NO2S/c1-10-9-15(6-7-17-10)14(16)13-8-11-4-2-3-5-12(11)18-13/h2-5,8,10H,6-7,9H2,1H3/t10-/m0/s1. The maximum Gasteiger partial charge on any atom is 0.264 e. The number of benzene rings is 1. The van der Waals surface area contributed by atoms with Gasteiger partial charge in [-0.25, -0.2) is 0 Å². The first-order valence-corrected chi connectivity index (χ1v) is 6.95. The number of fused-ring (bicyclic) bond motifs is 1. The van der Waals surface area contributed by atoms with Gasteiger partial charge in [-0.3, -0.25) is 4.79 Å². The molecule has 1 aromatic carbocycles. The van der Waals surface area contributed by atoms with E-state index < -0.39 is 0 Å². The highest BCUT2D eigenvalue weighted by atomic mass is 32.1. The van der Waals surface area contributed by atoms with Gasteiger partial charge in [0.25, 0.3) is 5.91 Å². The van der Waals surface area contributed by atoms with Gasteiger partial charge in [0.2, 0.25) is 0 Å². The van der Waals surface area contributed by atoms with Gasteiger partial charge in [-0.15, -0.1) is 11.3 Å². The van der Waals surface area contributed by atoms with Gasteiger partial charge in [-0.2, -0.15) is 0 Å². The lowest BCUT2D eigenvalue weighted by molar-refractivity contribution is -0.0122. The van der Waals surface area contributed by atoms with E-state index >= 15 is 0 Å². The minimum Gasteiger partial charge on any atom is -0.375 e. The molecule has 1 aromatic heterocycles. The smallest absolute Gasteiger partial charge is 0.264 e. The lowest BCUT2D eigenvalue weighted by Gasteiger charge is -2.30. The van der Waals surface area contributed by atoms with E-state index in [1.165, 1.54) is 4.70 Å². The molecule has 1 fully saturated rings. The number of nitrogens with zero attached hydrogens (tertiary/aromatic N) is 1. The van der Waals surface area contributed by atoms with Crippen molar-refractivity contribution in [2.75, 3.05) is 19.7 Å². The molecule has 1 saturated heterocycles. The van der Waals surface area contributed by atoms with Gasteiger partial charge in [0, 0.05) is 17.8 Å². The van der Waals surface area contributed by atoms with E-state index in [9.17, 15) is 4.79 Å². The topological polar surface area (TPSA) is 29.5 Å². The summed E-state index contributed by atoms with van der Waals surface area (Å²) in [7, 11) is 0. The molecule has 0 unspecified atom stereocenters. The van der Waals surface area contributed by atoms with Crippen LogP contribution in [0.5, 0.6) is 0 Å². The van der Waals surface area contributed by atoms with E-state index in [1.54, 1.807) is 11.3 Å². The zero-order chi connectivity index (χ0) is 12.5. The Morgan fingerprint density at radius 2 is 2.28 bits per heavy atom. The predicted octanol–water partition coefficient (Wildman–Crippen LogP) is 2.76. The molecule has 2 aromatic rings. The molecular formula is C14H15NO2S. The molecule has 0 saturated carbocycles. The molecule has 0 N–H and O–H groups in total. The summed E-state index contributed by atoms with van der Waals surface area (Å²) < 4.78 is 6.63. The number of amides is 1. The van der Waals surface area contributed by atoms with Crippen molar-refractivity contribution in [3.05, 3.63) is 35.2 Å². The van der Waals surface area contributed by atoms with Crippen molar-refractivity contribution >= 4 is 27.3 Å². The monoisotopic (exact) mass is 261 g/mol. The minimum atomic E-state index is 0.131. The van der Waals surface area contributed by atoms with Gasteiger partial charge in [-0.05, 0) is 24.4 Å². The van der Waals surface area contributed by atoms with Gasteiger partial charge in [-0.1, -0.05) is 18.2 Å². The molecule has 1 atom stereocenters. The van der Waals surface area contributed by atoms with Gasteiger partial charge in [0.15, 0.2) is 0 Å². The minimum absolute atomic E-state index is 0.131. The van der Waals surface area contributed by atoms with Crippen molar-refractivity contribution in [1.82, 2.24) is 4.90 Å². The van der Waals surface area contributed by atoms with Crippen molar-refractivity contribution < 1.29 is 9.53 Å². The van der Waals surface area contributed by atoms with Crippen molar-refractivity contribution in [1.29, 1.82) is 0 Å². The second-order valence-electron chi connectivity index (χ2n) is 4.58. The first-order valence-electron chi connectivity index (χ1n) is 6.13. The summed E-state index contributed by atoms with van der Waals surface area (Å²) in [4.78, 5) is 15.1. The SMILES string of the molecule is C[C@H]1CN(C(=O)c2cc3ccccc3s2)CCO1. The maximum absolute atomic E-state index is 12.4. The Labute approximate surface area is 110 Å². The Morgan fingerprint density at radius 1 is 1.44 bits per heavy atom. The number of rotatable bonds is 1. The van der Waals surface area contributed by atoms with Gasteiger partial charge in [0.1, 0.15) is 0 Å². The number of ether oxygens (including phenoxy) is 1. The van der Waals surface area contributed by atoms with Gasteiger partial charge >= 0.3 is 0 Å². The number of morpholine rings is 1. The Hall–Kier alpha value is -1.39. The lowest BCUT2D eigenvalue weighted by Crippen LogP contribution is -2.44. The second-order valence-corrected chi connectivity index (χ2v) is 5.66. The Kier molecular flexibility index (Phi) is 3.06. The largest absolute Gasteiger partial charge is 0.375 e.